The molecule has 1 aliphatic heterocycles. The highest BCUT2D eigenvalue weighted by Gasteiger charge is 2.31. The van der Waals surface area contributed by atoms with E-state index in [-0.39, 0.29) is 0 Å². The molecule has 0 atom stereocenters. The minimum atomic E-state index is -0.597. The number of aryl methyl sites for hydroxylation is 1. The molecular formula is C8H5NO3. The van der Waals surface area contributed by atoms with E-state index >= 15 is 0 Å². The lowest BCUT2D eigenvalue weighted by atomic mass is 10.1. The predicted molar refractivity (Wildman–Crippen MR) is 38.7 cm³/mol. The number of cyclic esters (lactones) is 2. The van der Waals surface area contributed by atoms with Gasteiger partial charge >= 0.3 is 11.9 Å². The van der Waals surface area contributed by atoms with Crippen LogP contribution in [0.1, 0.15) is 26.4 Å². The minimum Gasteiger partial charge on any atom is -0.386 e. The van der Waals surface area contributed by atoms with Gasteiger partial charge in [-0.2, -0.15) is 0 Å². The number of ether oxygens (including phenoxy) is 1. The van der Waals surface area contributed by atoms with Crippen molar-refractivity contribution in [2.45, 2.75) is 6.92 Å². The van der Waals surface area contributed by atoms with E-state index in [1.54, 1.807) is 6.92 Å². The van der Waals surface area contributed by atoms with Crippen LogP contribution in [0.2, 0.25) is 0 Å². The Kier molecular flexibility index (Phi) is 1.24. The molecule has 1 aromatic rings. The molecule has 0 aliphatic carbocycles. The first-order valence-corrected chi connectivity index (χ1v) is 3.42. The molecule has 0 amide bonds. The average molecular weight is 163 g/mol. The molecule has 4 nitrogen and oxygen atoms in total. The first-order chi connectivity index (χ1) is 5.70. The molecule has 2 rings (SSSR count). The number of aromatic nitrogens is 1. The number of rotatable bonds is 0. The van der Waals surface area contributed by atoms with Crippen molar-refractivity contribution in [3.05, 3.63) is 29.1 Å². The number of carbonyl (C=O) groups excluding carboxylic acids is 2. The Bertz CT molecular complexity index is 384. The molecule has 1 aliphatic rings. The van der Waals surface area contributed by atoms with Gasteiger partial charge in [-0.05, 0) is 13.0 Å². The molecule has 2 heterocycles. The van der Waals surface area contributed by atoms with Crippen molar-refractivity contribution in [3.63, 3.8) is 0 Å². The first kappa shape index (κ1) is 6.97. The summed E-state index contributed by atoms with van der Waals surface area (Å²) in [5, 5.41) is 0. The molecule has 12 heavy (non-hydrogen) atoms. The normalized spacial score (nSPS) is 14.4. The predicted octanol–water partition coefficient (Wildman–Crippen LogP) is 0.701. The van der Waals surface area contributed by atoms with Crippen molar-refractivity contribution >= 4 is 11.9 Å². The maximum atomic E-state index is 11.0. The zero-order valence-corrected chi connectivity index (χ0v) is 6.33. The third-order valence-corrected chi connectivity index (χ3v) is 1.75. The molecule has 0 spiro atoms. The van der Waals surface area contributed by atoms with Gasteiger partial charge in [0.15, 0.2) is 0 Å². The van der Waals surface area contributed by atoms with Gasteiger partial charge in [-0.3, -0.25) is 4.98 Å². The number of carbonyl (C=O) groups is 2. The molecule has 0 aromatic carbocycles. The van der Waals surface area contributed by atoms with Crippen molar-refractivity contribution < 1.29 is 14.3 Å². The summed E-state index contributed by atoms with van der Waals surface area (Å²) in [6, 6.07) is 1.48. The maximum absolute atomic E-state index is 11.0. The fraction of sp³-hybridized carbons (Fsp3) is 0.125. The highest BCUT2D eigenvalue weighted by molar-refractivity contribution is 6.15. The average Bonchev–Trinajstić information content (AvgIpc) is 2.29. The molecule has 1 aromatic heterocycles. The zero-order chi connectivity index (χ0) is 8.72. The Morgan fingerprint density at radius 1 is 1.33 bits per heavy atom. The van der Waals surface area contributed by atoms with Crippen LogP contribution in [0.3, 0.4) is 0 Å². The lowest BCUT2D eigenvalue weighted by molar-refractivity contribution is 0.0443. The molecule has 4 heteroatoms. The Morgan fingerprint density at radius 2 is 2.08 bits per heavy atom. The molecule has 0 radical (unpaired) electrons. The Morgan fingerprint density at radius 3 is 2.75 bits per heavy atom. The van der Waals surface area contributed by atoms with Crippen LogP contribution >= 0.6 is 0 Å². The van der Waals surface area contributed by atoms with E-state index in [4.69, 9.17) is 0 Å². The third kappa shape index (κ3) is 0.747. The summed E-state index contributed by atoms with van der Waals surface area (Å²) in [5.41, 5.74) is 1.14. The number of fused-ring (bicyclic) bond motifs is 1. The number of hydrogen-bond donors (Lipinski definition) is 0. The van der Waals surface area contributed by atoms with Crippen LogP contribution in [-0.4, -0.2) is 16.9 Å². The maximum Gasteiger partial charge on any atom is 0.348 e. The quantitative estimate of drug-likeness (QED) is 0.417. The van der Waals surface area contributed by atoms with Gasteiger partial charge in [-0.15, -0.1) is 0 Å². The molecule has 60 valence electrons. The van der Waals surface area contributed by atoms with E-state index in [9.17, 15) is 9.59 Å². The van der Waals surface area contributed by atoms with Crippen LogP contribution in [-0.2, 0) is 4.74 Å². The van der Waals surface area contributed by atoms with Crippen LogP contribution in [0.5, 0.6) is 0 Å². The largest absolute Gasteiger partial charge is 0.386 e. The van der Waals surface area contributed by atoms with Gasteiger partial charge in [0.25, 0.3) is 0 Å². The lowest BCUT2D eigenvalue weighted by Gasteiger charge is -1.93. The minimum absolute atomic E-state index is 0.294. The summed E-state index contributed by atoms with van der Waals surface area (Å²) in [6.07, 6.45) is 1.48. The molecular weight excluding hydrogens is 158 g/mol. The first-order valence-electron chi connectivity index (χ1n) is 3.42. The fourth-order valence-electron chi connectivity index (χ4n) is 1.18. The molecule has 0 saturated heterocycles. The summed E-state index contributed by atoms with van der Waals surface area (Å²) in [5.74, 6) is -1.18. The second kappa shape index (κ2) is 2.14. The van der Waals surface area contributed by atoms with Crippen molar-refractivity contribution in [2.75, 3.05) is 0 Å². The van der Waals surface area contributed by atoms with E-state index in [1.807, 2.05) is 0 Å². The second-order valence-corrected chi connectivity index (χ2v) is 2.50. The van der Waals surface area contributed by atoms with Crippen molar-refractivity contribution in [1.29, 1.82) is 0 Å². The van der Waals surface area contributed by atoms with Crippen molar-refractivity contribution in [3.8, 4) is 0 Å². The number of nitrogens with zero attached hydrogens (tertiary/aromatic N) is 1. The van der Waals surface area contributed by atoms with Gasteiger partial charge in [0.1, 0.15) is 0 Å². The molecule has 0 saturated carbocycles. The van der Waals surface area contributed by atoms with Gasteiger partial charge < -0.3 is 4.74 Å². The van der Waals surface area contributed by atoms with Crippen LogP contribution in [0, 0.1) is 6.92 Å². The molecule has 0 fully saturated rings. The third-order valence-electron chi connectivity index (χ3n) is 1.75. The van der Waals surface area contributed by atoms with Crippen LogP contribution in [0.15, 0.2) is 12.3 Å². The molecule has 0 bridgehead atoms. The molecule has 0 unspecified atom stereocenters. The van der Waals surface area contributed by atoms with Gasteiger partial charge in [0.05, 0.1) is 16.8 Å². The van der Waals surface area contributed by atoms with E-state index in [0.717, 1.165) is 0 Å². The Hall–Kier alpha value is -1.71. The SMILES string of the molecule is Cc1nccc2c1C(=O)OC2=O. The Labute approximate surface area is 68.2 Å². The summed E-state index contributed by atoms with van der Waals surface area (Å²) >= 11 is 0. The van der Waals surface area contributed by atoms with Gasteiger partial charge in [-0.25, -0.2) is 9.59 Å². The van der Waals surface area contributed by atoms with Crippen molar-refractivity contribution in [2.24, 2.45) is 0 Å². The highest BCUT2D eigenvalue weighted by Crippen LogP contribution is 2.20. The van der Waals surface area contributed by atoms with Crippen molar-refractivity contribution in [1.82, 2.24) is 4.98 Å². The number of hydrogen-bond acceptors (Lipinski definition) is 4. The lowest BCUT2D eigenvalue weighted by Crippen LogP contribution is -1.98. The van der Waals surface area contributed by atoms with Gasteiger partial charge in [-0.1, -0.05) is 0 Å². The van der Waals surface area contributed by atoms with Crippen LogP contribution in [0.4, 0.5) is 0 Å². The summed E-state index contributed by atoms with van der Waals surface area (Å²) in [7, 11) is 0. The summed E-state index contributed by atoms with van der Waals surface area (Å²) < 4.78 is 4.39. The molecule has 0 N–H and O–H groups in total. The van der Waals surface area contributed by atoms with E-state index in [1.165, 1.54) is 12.3 Å². The zero-order valence-electron chi connectivity index (χ0n) is 6.33. The van der Waals surface area contributed by atoms with Crippen LogP contribution in [0.25, 0.3) is 0 Å². The fourth-order valence-corrected chi connectivity index (χ4v) is 1.18. The summed E-state index contributed by atoms with van der Waals surface area (Å²) in [4.78, 5) is 25.9. The Balaban J connectivity index is 2.75. The van der Waals surface area contributed by atoms with E-state index in [0.29, 0.717) is 16.8 Å². The summed E-state index contributed by atoms with van der Waals surface area (Å²) in [6.45, 7) is 1.67. The van der Waals surface area contributed by atoms with Crippen LogP contribution < -0.4 is 0 Å². The van der Waals surface area contributed by atoms with Gasteiger partial charge in [0.2, 0.25) is 0 Å². The second-order valence-electron chi connectivity index (χ2n) is 2.50. The van der Waals surface area contributed by atoms with Gasteiger partial charge in [0, 0.05) is 6.20 Å². The standard InChI is InChI=1S/C8H5NO3/c1-4-6-5(2-3-9-4)7(10)12-8(6)11/h2-3H,1H3. The van der Waals surface area contributed by atoms with E-state index < -0.39 is 11.9 Å². The number of esters is 2. The monoisotopic (exact) mass is 163 g/mol. The highest BCUT2D eigenvalue weighted by atomic mass is 16.6. The number of pyridine rings is 1. The topological polar surface area (TPSA) is 56.3 Å². The smallest absolute Gasteiger partial charge is 0.348 e. The van der Waals surface area contributed by atoms with E-state index in [2.05, 4.69) is 9.72 Å².